The fourth-order valence-electron chi connectivity index (χ4n) is 13.9. The van der Waals surface area contributed by atoms with Crippen molar-refractivity contribution in [2.45, 2.75) is 107 Å². The Kier molecular flexibility index (Phi) is 4.19. The van der Waals surface area contributed by atoms with Crippen molar-refractivity contribution in [3.05, 3.63) is 76.4 Å². The van der Waals surface area contributed by atoms with Gasteiger partial charge in [0, 0.05) is 50.2 Å². The van der Waals surface area contributed by atoms with Crippen molar-refractivity contribution < 1.29 is 0 Å². The molecule has 15 rings (SSSR count). The Labute approximate surface area is 270 Å². The molecule has 6 aromatic rings. The van der Waals surface area contributed by atoms with Crippen LogP contribution in [-0.2, 0) is 5.41 Å². The molecule has 228 valence electrons. The third-order valence-corrected chi connectivity index (χ3v) is 15.2. The average molecular weight is 600 g/mol. The molecule has 2 aromatic carbocycles. The third kappa shape index (κ3) is 2.69. The summed E-state index contributed by atoms with van der Waals surface area (Å²) >= 11 is 0. The summed E-state index contributed by atoms with van der Waals surface area (Å²) < 4.78 is 2.68. The minimum atomic E-state index is -0.0310. The summed E-state index contributed by atoms with van der Waals surface area (Å²) in [6, 6.07) is 12.0. The molecule has 0 N–H and O–H groups in total. The molecule has 3 heteroatoms. The number of aromatic nitrogens is 3. The molecule has 4 saturated carbocycles. The van der Waals surface area contributed by atoms with Crippen molar-refractivity contribution >= 4 is 38.1 Å². The molecule has 8 bridgehead atoms. The first kappa shape index (κ1) is 24.7. The molecule has 9 aliphatic rings. The smallest absolute Gasteiger partial charge is 0.0728 e. The van der Waals surface area contributed by atoms with E-state index in [2.05, 4.69) is 61.0 Å². The van der Waals surface area contributed by atoms with Gasteiger partial charge in [-0.2, -0.15) is 0 Å². The summed E-state index contributed by atoms with van der Waals surface area (Å²) in [4.78, 5) is 11.0. The average Bonchev–Trinajstić information content (AvgIpc) is 3.54. The Balaban J connectivity index is 1.25. The topological polar surface area (TPSA) is 30.2 Å². The van der Waals surface area contributed by atoms with Crippen LogP contribution in [0.5, 0.6) is 0 Å². The van der Waals surface area contributed by atoms with Gasteiger partial charge in [-0.1, -0.05) is 38.1 Å². The molecule has 4 unspecified atom stereocenters. The molecule has 0 saturated heterocycles. The van der Waals surface area contributed by atoms with Gasteiger partial charge >= 0.3 is 0 Å². The van der Waals surface area contributed by atoms with E-state index in [-0.39, 0.29) is 5.41 Å². The molecule has 4 fully saturated rings. The van der Waals surface area contributed by atoms with Crippen molar-refractivity contribution in [1.29, 1.82) is 0 Å². The second-order valence-electron chi connectivity index (χ2n) is 17.8. The van der Waals surface area contributed by atoms with Crippen LogP contribution < -0.4 is 0 Å². The second-order valence-corrected chi connectivity index (χ2v) is 17.8. The van der Waals surface area contributed by atoms with E-state index in [4.69, 9.17) is 9.97 Å². The summed E-state index contributed by atoms with van der Waals surface area (Å²) in [6.07, 6.45) is 18.5. The molecule has 4 atom stereocenters. The largest absolute Gasteiger partial charge is 0.305 e. The lowest BCUT2D eigenvalue weighted by Gasteiger charge is -2.38. The number of pyridine rings is 2. The first-order valence-electron chi connectivity index (χ1n) is 18.7. The summed E-state index contributed by atoms with van der Waals surface area (Å²) in [6.45, 7) is 4.98. The summed E-state index contributed by atoms with van der Waals surface area (Å²) in [5.74, 6) is 6.19. The monoisotopic (exact) mass is 599 g/mol. The van der Waals surface area contributed by atoms with Crippen LogP contribution in [0.2, 0.25) is 0 Å². The Morgan fingerprint density at radius 3 is 1.78 bits per heavy atom. The fourth-order valence-corrected chi connectivity index (χ4v) is 13.9. The van der Waals surface area contributed by atoms with Crippen molar-refractivity contribution in [1.82, 2.24) is 14.4 Å². The van der Waals surface area contributed by atoms with Gasteiger partial charge in [-0.25, -0.2) is 0 Å². The van der Waals surface area contributed by atoms with E-state index < -0.39 is 0 Å². The number of hydrogen-bond acceptors (Lipinski definition) is 2. The first-order valence-corrected chi connectivity index (χ1v) is 18.7. The minimum Gasteiger partial charge on any atom is -0.305 e. The van der Waals surface area contributed by atoms with Gasteiger partial charge in [0.1, 0.15) is 0 Å². The standard InChI is InChI=1S/C43H41N3/c1-43(2)30-6-4-3-5-28(30)36-31(43)17-29-37-32(18-44-40-26-13-20-7-21(14-26)10-24(9-20)34(37)40)46-33-19-45-41-27-15-22-8-23(16-27)12-25(11-22)35(41)38(33)39(36)42(29)46/h3-6,17-27H,7-16H2,1-2H3. The summed E-state index contributed by atoms with van der Waals surface area (Å²) in [5.41, 5.74) is 16.4. The minimum absolute atomic E-state index is 0.0310. The van der Waals surface area contributed by atoms with Gasteiger partial charge in [0.2, 0.25) is 0 Å². The van der Waals surface area contributed by atoms with Crippen molar-refractivity contribution in [3.8, 4) is 11.1 Å². The molecule has 0 spiro atoms. The highest BCUT2D eigenvalue weighted by Gasteiger charge is 2.47. The van der Waals surface area contributed by atoms with E-state index in [0.717, 1.165) is 23.7 Å². The summed E-state index contributed by atoms with van der Waals surface area (Å²) in [5, 5.41) is 6.16. The zero-order valence-corrected chi connectivity index (χ0v) is 27.1. The molecule has 46 heavy (non-hydrogen) atoms. The van der Waals surface area contributed by atoms with E-state index in [0.29, 0.717) is 23.7 Å². The van der Waals surface area contributed by atoms with Gasteiger partial charge in [-0.05, 0) is 139 Å². The molecule has 0 aliphatic heterocycles. The van der Waals surface area contributed by atoms with Crippen molar-refractivity contribution in [3.63, 3.8) is 0 Å². The highest BCUT2D eigenvalue weighted by molar-refractivity contribution is 6.29. The highest BCUT2D eigenvalue weighted by Crippen LogP contribution is 2.62. The fraction of sp³-hybridized carbons (Fsp3) is 0.488. The van der Waals surface area contributed by atoms with E-state index in [9.17, 15) is 0 Å². The van der Waals surface area contributed by atoms with Crippen molar-refractivity contribution in [2.24, 2.45) is 23.7 Å². The van der Waals surface area contributed by atoms with Crippen LogP contribution in [0.3, 0.4) is 0 Å². The van der Waals surface area contributed by atoms with Gasteiger partial charge in [0.15, 0.2) is 0 Å². The zero-order chi connectivity index (χ0) is 29.8. The van der Waals surface area contributed by atoms with E-state index in [1.807, 2.05) is 0 Å². The third-order valence-electron chi connectivity index (χ3n) is 15.2. The predicted molar refractivity (Wildman–Crippen MR) is 185 cm³/mol. The van der Waals surface area contributed by atoms with Crippen molar-refractivity contribution in [2.75, 3.05) is 0 Å². The van der Waals surface area contributed by atoms with Crippen LogP contribution in [-0.4, -0.2) is 14.4 Å². The Morgan fingerprint density at radius 1 is 0.609 bits per heavy atom. The van der Waals surface area contributed by atoms with Crippen LogP contribution in [0.1, 0.15) is 135 Å². The van der Waals surface area contributed by atoms with Crippen LogP contribution in [0.15, 0.2) is 42.7 Å². The van der Waals surface area contributed by atoms with Crippen LogP contribution in [0, 0.1) is 23.7 Å². The van der Waals surface area contributed by atoms with Gasteiger partial charge in [-0.15, -0.1) is 0 Å². The quantitative estimate of drug-likeness (QED) is 0.174. The molecule has 0 radical (unpaired) electrons. The number of fused-ring (bicyclic) bond motifs is 10. The number of hydrogen-bond donors (Lipinski definition) is 0. The second kappa shape index (κ2) is 7.80. The maximum atomic E-state index is 5.50. The molecule has 9 aliphatic carbocycles. The number of rotatable bonds is 0. The Hall–Kier alpha value is -3.46. The molecule has 4 heterocycles. The van der Waals surface area contributed by atoms with Gasteiger partial charge in [-0.3, -0.25) is 9.97 Å². The van der Waals surface area contributed by atoms with Gasteiger partial charge < -0.3 is 4.40 Å². The van der Waals surface area contributed by atoms with E-state index >= 15 is 0 Å². The molecular weight excluding hydrogens is 558 g/mol. The Bertz CT molecular complexity index is 2350. The molecular formula is C43H41N3. The maximum Gasteiger partial charge on any atom is 0.0728 e. The number of nitrogens with zero attached hydrogens (tertiary/aromatic N) is 3. The lowest BCUT2D eigenvalue weighted by Crippen LogP contribution is -2.25. The molecule has 4 aromatic heterocycles. The lowest BCUT2D eigenvalue weighted by atomic mass is 9.67. The van der Waals surface area contributed by atoms with Crippen LogP contribution in [0.25, 0.3) is 49.2 Å². The van der Waals surface area contributed by atoms with E-state index in [1.54, 1.807) is 27.3 Å². The lowest BCUT2D eigenvalue weighted by molar-refractivity contribution is 0.165. The molecule has 3 nitrogen and oxygen atoms in total. The predicted octanol–water partition coefficient (Wildman–Crippen LogP) is 10.7. The highest BCUT2D eigenvalue weighted by atomic mass is 15.0. The van der Waals surface area contributed by atoms with Gasteiger partial charge in [0.25, 0.3) is 0 Å². The zero-order valence-electron chi connectivity index (χ0n) is 27.1. The van der Waals surface area contributed by atoms with Gasteiger partial charge in [0.05, 0.1) is 28.9 Å². The normalized spacial score (nSPS) is 34.0. The van der Waals surface area contributed by atoms with E-state index in [1.165, 1.54) is 120 Å². The Morgan fingerprint density at radius 2 is 1.15 bits per heavy atom. The molecule has 0 amide bonds. The summed E-state index contributed by atoms with van der Waals surface area (Å²) in [7, 11) is 0. The number of benzene rings is 2. The van der Waals surface area contributed by atoms with Crippen LogP contribution in [0.4, 0.5) is 0 Å². The van der Waals surface area contributed by atoms with Crippen LogP contribution >= 0.6 is 0 Å². The SMILES string of the molecule is CC1(C)c2ccccc2-c2c1cc1c3c4c(ncc3n3c5cnc6c(c5c2c13)C1CC2CC(CC6C2)C1)C1CC2CC(C1)CC4C2. The maximum absolute atomic E-state index is 5.50. The first-order chi connectivity index (χ1) is 22.5.